The average molecular weight is 306 g/mol. The van der Waals surface area contributed by atoms with Gasteiger partial charge in [0.25, 0.3) is 0 Å². The lowest BCUT2D eigenvalue weighted by Crippen LogP contribution is -2.16. The molecule has 1 aromatic heterocycles. The zero-order chi connectivity index (χ0) is 13.2. The van der Waals surface area contributed by atoms with E-state index in [1.807, 2.05) is 36.4 Å². The molecule has 0 unspecified atom stereocenters. The fourth-order valence-corrected chi connectivity index (χ4v) is 1.87. The number of hydrogen-bond acceptors (Lipinski definition) is 3. The van der Waals surface area contributed by atoms with Crippen molar-refractivity contribution in [3.05, 3.63) is 46.8 Å². The van der Waals surface area contributed by atoms with Gasteiger partial charge in [-0.3, -0.25) is 0 Å². The van der Waals surface area contributed by atoms with Crippen molar-refractivity contribution in [1.82, 2.24) is 9.97 Å². The second-order valence-corrected chi connectivity index (χ2v) is 5.95. The third kappa shape index (κ3) is 3.29. The molecule has 0 amide bonds. The normalized spacial score (nSPS) is 11.3. The van der Waals surface area contributed by atoms with Gasteiger partial charge in [-0.15, -0.1) is 0 Å². The smallest absolute Gasteiger partial charge is 0.137 e. The first kappa shape index (κ1) is 13.0. The van der Waals surface area contributed by atoms with E-state index in [1.54, 1.807) is 0 Å². The molecular weight excluding hydrogens is 290 g/mol. The molecule has 18 heavy (non-hydrogen) atoms. The summed E-state index contributed by atoms with van der Waals surface area (Å²) in [5.41, 5.74) is 0.944. The Hall–Kier alpha value is -1.42. The molecule has 2 rings (SSSR count). The lowest BCUT2D eigenvalue weighted by molar-refractivity contribution is 0.544. The second kappa shape index (κ2) is 5.06. The number of rotatable bonds is 2. The van der Waals surface area contributed by atoms with Crippen LogP contribution in [0.3, 0.4) is 0 Å². The van der Waals surface area contributed by atoms with Crippen LogP contribution >= 0.6 is 15.9 Å². The number of nitrogens with one attached hydrogen (secondary N) is 1. The Morgan fingerprint density at radius 2 is 1.72 bits per heavy atom. The molecule has 1 N–H and O–H groups in total. The maximum atomic E-state index is 4.55. The van der Waals surface area contributed by atoms with Crippen LogP contribution in [0.25, 0.3) is 0 Å². The van der Waals surface area contributed by atoms with Gasteiger partial charge in [0.2, 0.25) is 0 Å². The van der Waals surface area contributed by atoms with E-state index < -0.39 is 0 Å². The molecule has 0 fully saturated rings. The predicted octanol–water partition coefficient (Wildman–Crippen LogP) is 4.28. The summed E-state index contributed by atoms with van der Waals surface area (Å²) in [5.74, 6) is 1.61. The van der Waals surface area contributed by atoms with Gasteiger partial charge in [-0.05, 0) is 28.1 Å². The first-order valence-electron chi connectivity index (χ1n) is 5.82. The third-order valence-corrected chi connectivity index (χ3v) is 2.82. The predicted molar refractivity (Wildman–Crippen MR) is 78.2 cm³/mol. The monoisotopic (exact) mass is 305 g/mol. The number of anilines is 2. The van der Waals surface area contributed by atoms with E-state index in [0.717, 1.165) is 21.9 Å². The molecule has 3 nitrogen and oxygen atoms in total. The summed E-state index contributed by atoms with van der Waals surface area (Å²) in [6, 6.07) is 11.9. The number of hydrogen-bond donors (Lipinski definition) is 1. The maximum absolute atomic E-state index is 4.55. The number of benzene rings is 1. The molecule has 1 heterocycles. The number of nitrogens with zero attached hydrogens (tertiary/aromatic N) is 2. The van der Waals surface area contributed by atoms with Crippen LogP contribution in [0.2, 0.25) is 0 Å². The maximum Gasteiger partial charge on any atom is 0.137 e. The van der Waals surface area contributed by atoms with Gasteiger partial charge >= 0.3 is 0 Å². The SMILES string of the molecule is CC(C)(C)c1nc(Br)cc(Nc2ccccc2)n1. The van der Waals surface area contributed by atoms with E-state index in [-0.39, 0.29) is 5.41 Å². The number of halogens is 1. The minimum Gasteiger partial charge on any atom is -0.340 e. The van der Waals surface area contributed by atoms with Gasteiger partial charge in [-0.25, -0.2) is 9.97 Å². The van der Waals surface area contributed by atoms with Crippen LogP contribution in [-0.2, 0) is 5.41 Å². The Morgan fingerprint density at radius 1 is 1.06 bits per heavy atom. The highest BCUT2D eigenvalue weighted by Gasteiger charge is 2.18. The largest absolute Gasteiger partial charge is 0.340 e. The zero-order valence-electron chi connectivity index (χ0n) is 10.7. The molecule has 0 aliphatic carbocycles. The summed E-state index contributed by atoms with van der Waals surface area (Å²) in [6.45, 7) is 6.29. The lowest BCUT2D eigenvalue weighted by atomic mass is 9.96. The van der Waals surface area contributed by atoms with Crippen LogP contribution in [0.1, 0.15) is 26.6 Å². The highest BCUT2D eigenvalue weighted by molar-refractivity contribution is 9.10. The Bertz CT molecular complexity index is 532. The van der Waals surface area contributed by atoms with Gasteiger partial charge in [0.15, 0.2) is 0 Å². The van der Waals surface area contributed by atoms with Crippen molar-refractivity contribution >= 4 is 27.4 Å². The van der Waals surface area contributed by atoms with Crippen LogP contribution in [-0.4, -0.2) is 9.97 Å². The van der Waals surface area contributed by atoms with Gasteiger partial charge in [0, 0.05) is 17.2 Å². The van der Waals surface area contributed by atoms with E-state index in [0.29, 0.717) is 0 Å². The minimum atomic E-state index is -0.0725. The van der Waals surface area contributed by atoms with Crippen LogP contribution in [0.5, 0.6) is 0 Å². The van der Waals surface area contributed by atoms with Gasteiger partial charge in [-0.1, -0.05) is 39.0 Å². The molecule has 0 spiro atoms. The first-order valence-corrected chi connectivity index (χ1v) is 6.61. The molecule has 0 saturated heterocycles. The topological polar surface area (TPSA) is 37.8 Å². The van der Waals surface area contributed by atoms with E-state index in [2.05, 4.69) is 52.0 Å². The Labute approximate surface area is 116 Å². The van der Waals surface area contributed by atoms with Gasteiger partial charge in [0.1, 0.15) is 16.2 Å². The molecule has 0 atom stereocenters. The summed E-state index contributed by atoms with van der Waals surface area (Å²) in [4.78, 5) is 8.96. The average Bonchev–Trinajstić information content (AvgIpc) is 2.28. The van der Waals surface area contributed by atoms with Crippen molar-refractivity contribution in [2.75, 3.05) is 5.32 Å². The Balaban J connectivity index is 2.32. The Kier molecular flexibility index (Phi) is 3.66. The highest BCUT2D eigenvalue weighted by atomic mass is 79.9. The minimum absolute atomic E-state index is 0.0725. The van der Waals surface area contributed by atoms with Crippen LogP contribution in [0, 0.1) is 0 Å². The Morgan fingerprint density at radius 3 is 2.33 bits per heavy atom. The van der Waals surface area contributed by atoms with Crippen LogP contribution in [0.15, 0.2) is 41.0 Å². The molecule has 0 bridgehead atoms. The van der Waals surface area contributed by atoms with Crippen LogP contribution in [0.4, 0.5) is 11.5 Å². The van der Waals surface area contributed by atoms with E-state index in [1.165, 1.54) is 0 Å². The molecule has 4 heteroatoms. The van der Waals surface area contributed by atoms with E-state index >= 15 is 0 Å². The van der Waals surface area contributed by atoms with E-state index in [9.17, 15) is 0 Å². The summed E-state index contributed by atoms with van der Waals surface area (Å²) in [5, 5.41) is 3.28. The third-order valence-electron chi connectivity index (χ3n) is 2.41. The molecule has 2 aromatic rings. The molecule has 0 radical (unpaired) electrons. The van der Waals surface area contributed by atoms with Crippen molar-refractivity contribution in [3.63, 3.8) is 0 Å². The first-order chi connectivity index (χ1) is 8.45. The molecule has 0 aliphatic heterocycles. The second-order valence-electron chi connectivity index (χ2n) is 5.14. The number of aromatic nitrogens is 2. The van der Waals surface area contributed by atoms with Crippen molar-refractivity contribution in [1.29, 1.82) is 0 Å². The summed E-state index contributed by atoms with van der Waals surface area (Å²) >= 11 is 3.43. The fourth-order valence-electron chi connectivity index (χ4n) is 1.49. The highest BCUT2D eigenvalue weighted by Crippen LogP contribution is 2.24. The summed E-state index contributed by atoms with van der Waals surface area (Å²) in [7, 11) is 0. The fraction of sp³-hybridized carbons (Fsp3) is 0.286. The van der Waals surface area contributed by atoms with Crippen LogP contribution < -0.4 is 5.32 Å². The van der Waals surface area contributed by atoms with Crippen molar-refractivity contribution in [2.45, 2.75) is 26.2 Å². The van der Waals surface area contributed by atoms with Crippen molar-refractivity contribution < 1.29 is 0 Å². The number of para-hydroxylation sites is 1. The standard InChI is InChI=1S/C14H16BrN3/c1-14(2,3)13-17-11(15)9-12(18-13)16-10-7-5-4-6-8-10/h4-9H,1-3H3,(H,16,17,18). The lowest BCUT2D eigenvalue weighted by Gasteiger charge is -2.18. The summed E-state index contributed by atoms with van der Waals surface area (Å²) in [6.07, 6.45) is 0. The quantitative estimate of drug-likeness (QED) is 0.842. The molecule has 0 aliphatic rings. The van der Waals surface area contributed by atoms with Crippen molar-refractivity contribution in [3.8, 4) is 0 Å². The molecule has 1 aromatic carbocycles. The zero-order valence-corrected chi connectivity index (χ0v) is 12.3. The van der Waals surface area contributed by atoms with E-state index in [4.69, 9.17) is 0 Å². The van der Waals surface area contributed by atoms with Gasteiger partial charge in [-0.2, -0.15) is 0 Å². The summed E-state index contributed by atoms with van der Waals surface area (Å²) < 4.78 is 0.792. The molecule has 94 valence electrons. The molecule has 0 saturated carbocycles. The van der Waals surface area contributed by atoms with Crippen molar-refractivity contribution in [2.24, 2.45) is 0 Å². The molecular formula is C14H16BrN3. The van der Waals surface area contributed by atoms with Gasteiger partial charge < -0.3 is 5.32 Å². The van der Waals surface area contributed by atoms with Gasteiger partial charge in [0.05, 0.1) is 0 Å².